The van der Waals surface area contributed by atoms with Gasteiger partial charge in [-0.2, -0.15) is 0 Å². The molecule has 0 saturated carbocycles. The third kappa shape index (κ3) is 5.75. The molecule has 1 aromatic carbocycles. The number of rotatable bonds is 7. The number of hydrogen-bond acceptors (Lipinski definition) is 8. The Bertz CT molecular complexity index is 1060. The molecule has 0 fully saturated rings. The molecule has 4 N–H and O–H groups in total. The first-order chi connectivity index (χ1) is 14.1. The van der Waals surface area contributed by atoms with Gasteiger partial charge in [0.05, 0.1) is 23.7 Å². The summed E-state index contributed by atoms with van der Waals surface area (Å²) in [6, 6.07) is 5.64. The van der Waals surface area contributed by atoms with Crippen molar-refractivity contribution in [3.63, 3.8) is 0 Å². The van der Waals surface area contributed by atoms with E-state index in [0.29, 0.717) is 16.3 Å². The molecule has 30 heavy (non-hydrogen) atoms. The highest BCUT2D eigenvalue weighted by atomic mass is 32.2. The van der Waals surface area contributed by atoms with Crippen LogP contribution in [0.2, 0.25) is 0 Å². The second kappa shape index (κ2) is 9.98. The van der Waals surface area contributed by atoms with Gasteiger partial charge in [-0.05, 0) is 62.8 Å². The van der Waals surface area contributed by atoms with Crippen LogP contribution < -0.4 is 15.8 Å². The summed E-state index contributed by atoms with van der Waals surface area (Å²) in [5.74, 6) is -1.14. The predicted octanol–water partition coefficient (Wildman–Crippen LogP) is 2.87. The van der Waals surface area contributed by atoms with Gasteiger partial charge in [-0.15, -0.1) is 11.3 Å². The van der Waals surface area contributed by atoms with Gasteiger partial charge in [-0.1, -0.05) is 0 Å². The van der Waals surface area contributed by atoms with Crippen LogP contribution in [-0.4, -0.2) is 38.7 Å². The molecule has 0 spiro atoms. The summed E-state index contributed by atoms with van der Waals surface area (Å²) in [5.41, 5.74) is 1.12. The number of sulfonamides is 1. The van der Waals surface area contributed by atoms with Crippen LogP contribution in [-0.2, 0) is 19.5 Å². The largest absolute Gasteiger partial charge is 0.462 e. The summed E-state index contributed by atoms with van der Waals surface area (Å²) in [6.07, 6.45) is 0. The van der Waals surface area contributed by atoms with Crippen LogP contribution in [0.15, 0.2) is 29.2 Å². The second-order valence-corrected chi connectivity index (χ2v) is 8.84. The molecule has 1 heterocycles. The number of ether oxygens (including phenoxy) is 2. The zero-order valence-corrected chi connectivity index (χ0v) is 18.9. The molecular formula is C18H21N3O6S3. The fraction of sp³-hybridized carbons (Fsp3) is 0.278. The molecule has 0 saturated heterocycles. The van der Waals surface area contributed by atoms with E-state index in [9.17, 15) is 18.0 Å². The maximum atomic E-state index is 12.4. The van der Waals surface area contributed by atoms with Gasteiger partial charge in [-0.25, -0.2) is 23.1 Å². The van der Waals surface area contributed by atoms with Crippen LogP contribution >= 0.6 is 23.6 Å². The van der Waals surface area contributed by atoms with Crippen molar-refractivity contribution in [1.82, 2.24) is 0 Å². The Labute approximate surface area is 183 Å². The molecule has 0 unspecified atom stereocenters. The smallest absolute Gasteiger partial charge is 0.348 e. The number of carbonyl (C=O) groups is 2. The molecule has 0 aliphatic carbocycles. The van der Waals surface area contributed by atoms with E-state index in [4.69, 9.17) is 26.8 Å². The number of anilines is 2. The van der Waals surface area contributed by atoms with Gasteiger partial charge < -0.3 is 20.1 Å². The molecule has 2 rings (SSSR count). The SMILES string of the molecule is CCOC(=O)c1sc(NC(=S)Nc2ccc(S(N)(=O)=O)cc2)c(C(=O)OCC)c1C. The number of nitrogens with one attached hydrogen (secondary N) is 2. The van der Waals surface area contributed by atoms with Crippen LogP contribution in [0, 0.1) is 6.92 Å². The Morgan fingerprint density at radius 3 is 2.17 bits per heavy atom. The summed E-state index contributed by atoms with van der Waals surface area (Å²) >= 11 is 6.30. The summed E-state index contributed by atoms with van der Waals surface area (Å²) in [7, 11) is -3.80. The monoisotopic (exact) mass is 471 g/mol. The summed E-state index contributed by atoms with van der Waals surface area (Å²) in [5, 5.41) is 11.3. The quantitative estimate of drug-likeness (QED) is 0.411. The Hall–Kier alpha value is -2.54. The number of carbonyl (C=O) groups excluding carboxylic acids is 2. The van der Waals surface area contributed by atoms with E-state index in [-0.39, 0.29) is 33.7 Å². The van der Waals surface area contributed by atoms with Crippen molar-refractivity contribution >= 4 is 61.3 Å². The van der Waals surface area contributed by atoms with Crippen molar-refractivity contribution in [3.8, 4) is 0 Å². The van der Waals surface area contributed by atoms with Crippen LogP contribution in [0.5, 0.6) is 0 Å². The van der Waals surface area contributed by atoms with Crippen molar-refractivity contribution in [2.45, 2.75) is 25.7 Å². The molecule has 0 radical (unpaired) electrons. The summed E-state index contributed by atoms with van der Waals surface area (Å²) in [6.45, 7) is 5.36. The highest BCUT2D eigenvalue weighted by Crippen LogP contribution is 2.34. The lowest BCUT2D eigenvalue weighted by molar-refractivity contribution is 0.0527. The van der Waals surface area contributed by atoms with Gasteiger partial charge in [0.15, 0.2) is 5.11 Å². The molecule has 12 heteroatoms. The predicted molar refractivity (Wildman–Crippen MR) is 119 cm³/mol. The van der Waals surface area contributed by atoms with E-state index in [0.717, 1.165) is 11.3 Å². The van der Waals surface area contributed by atoms with E-state index in [2.05, 4.69) is 10.6 Å². The van der Waals surface area contributed by atoms with Gasteiger partial charge in [0.25, 0.3) is 0 Å². The Morgan fingerprint density at radius 1 is 1.07 bits per heavy atom. The van der Waals surface area contributed by atoms with Gasteiger partial charge in [-0.3, -0.25) is 0 Å². The van der Waals surface area contributed by atoms with Crippen molar-refractivity contribution < 1.29 is 27.5 Å². The summed E-state index contributed by atoms with van der Waals surface area (Å²) < 4.78 is 32.8. The van der Waals surface area contributed by atoms with Crippen LogP contribution in [0.25, 0.3) is 0 Å². The van der Waals surface area contributed by atoms with E-state index >= 15 is 0 Å². The number of esters is 2. The number of hydrogen-bond donors (Lipinski definition) is 3. The lowest BCUT2D eigenvalue weighted by Gasteiger charge is -2.11. The van der Waals surface area contributed by atoms with Crippen molar-refractivity contribution in [3.05, 3.63) is 40.3 Å². The van der Waals surface area contributed by atoms with E-state index in [1.807, 2.05) is 0 Å². The molecule has 0 bridgehead atoms. The second-order valence-electron chi connectivity index (χ2n) is 5.85. The van der Waals surface area contributed by atoms with Crippen molar-refractivity contribution in [1.29, 1.82) is 0 Å². The Morgan fingerprint density at radius 2 is 1.63 bits per heavy atom. The number of thiocarbonyl (C=S) groups is 1. The molecular weight excluding hydrogens is 450 g/mol. The standard InChI is InChI=1S/C18H21N3O6S3/c1-4-26-16(22)13-10(3)14(17(23)27-5-2)29-15(13)21-18(28)20-11-6-8-12(9-7-11)30(19,24)25/h6-9H,4-5H2,1-3H3,(H2,19,24,25)(H2,20,21,28). The van der Waals surface area contributed by atoms with Crippen molar-refractivity contribution in [2.75, 3.05) is 23.8 Å². The average Bonchev–Trinajstić information content (AvgIpc) is 2.97. The third-order valence-electron chi connectivity index (χ3n) is 3.75. The number of nitrogens with two attached hydrogens (primary N) is 1. The van der Waals surface area contributed by atoms with Crippen LogP contribution in [0.4, 0.5) is 10.7 Å². The van der Waals surface area contributed by atoms with E-state index in [1.54, 1.807) is 20.8 Å². The zero-order chi connectivity index (χ0) is 22.5. The van der Waals surface area contributed by atoms with Crippen molar-refractivity contribution in [2.24, 2.45) is 5.14 Å². The van der Waals surface area contributed by atoms with Gasteiger partial charge in [0, 0.05) is 5.69 Å². The Balaban J connectivity index is 2.27. The highest BCUT2D eigenvalue weighted by molar-refractivity contribution is 7.89. The first-order valence-electron chi connectivity index (χ1n) is 8.76. The van der Waals surface area contributed by atoms with Gasteiger partial charge >= 0.3 is 11.9 Å². The molecule has 0 amide bonds. The van der Waals surface area contributed by atoms with E-state index in [1.165, 1.54) is 24.3 Å². The average molecular weight is 472 g/mol. The third-order valence-corrected chi connectivity index (χ3v) is 6.08. The number of primary sulfonamides is 1. The molecule has 0 atom stereocenters. The van der Waals surface area contributed by atoms with Gasteiger partial charge in [0.1, 0.15) is 9.88 Å². The maximum Gasteiger partial charge on any atom is 0.348 e. The summed E-state index contributed by atoms with van der Waals surface area (Å²) in [4.78, 5) is 24.8. The minimum Gasteiger partial charge on any atom is -0.462 e. The lowest BCUT2D eigenvalue weighted by atomic mass is 10.1. The van der Waals surface area contributed by atoms with Crippen LogP contribution in [0.3, 0.4) is 0 Å². The Kier molecular flexibility index (Phi) is 7.89. The fourth-order valence-corrected chi connectivity index (χ4v) is 4.33. The molecule has 1 aromatic heterocycles. The molecule has 162 valence electrons. The maximum absolute atomic E-state index is 12.4. The minimum absolute atomic E-state index is 0.0375. The zero-order valence-electron chi connectivity index (χ0n) is 16.5. The number of benzene rings is 1. The first-order valence-corrected chi connectivity index (χ1v) is 11.5. The molecule has 2 aromatic rings. The highest BCUT2D eigenvalue weighted by Gasteiger charge is 2.26. The molecule has 9 nitrogen and oxygen atoms in total. The first kappa shape index (κ1) is 23.7. The topological polar surface area (TPSA) is 137 Å². The minimum atomic E-state index is -3.80. The number of thiophene rings is 1. The molecule has 0 aliphatic rings. The van der Waals surface area contributed by atoms with Gasteiger partial charge in [0.2, 0.25) is 10.0 Å². The normalized spacial score (nSPS) is 10.9. The van der Waals surface area contributed by atoms with Crippen LogP contribution in [0.1, 0.15) is 39.4 Å². The lowest BCUT2D eigenvalue weighted by Crippen LogP contribution is -2.20. The fourth-order valence-electron chi connectivity index (χ4n) is 2.44. The van der Waals surface area contributed by atoms with E-state index < -0.39 is 22.0 Å². The molecule has 0 aliphatic heterocycles.